The normalized spacial score (nSPS) is 14.0. The lowest BCUT2D eigenvalue weighted by molar-refractivity contribution is -0.00466. The third-order valence-corrected chi connectivity index (χ3v) is 2.84. The highest BCUT2D eigenvalue weighted by molar-refractivity contribution is 5.35. The van der Waals surface area contributed by atoms with Crippen molar-refractivity contribution < 1.29 is 24.4 Å². The molecule has 0 saturated carbocycles. The molecule has 0 radical (unpaired) electrons. The quantitative estimate of drug-likeness (QED) is 0.638. The molecule has 0 spiro atoms. The maximum absolute atomic E-state index is 9.89. The second-order valence-electron chi connectivity index (χ2n) is 4.49. The first kappa shape index (κ1) is 16.9. The maximum atomic E-state index is 9.89. The van der Waals surface area contributed by atoms with Gasteiger partial charge in [-0.25, -0.2) is 0 Å². The van der Waals surface area contributed by atoms with Crippen molar-refractivity contribution in [1.82, 2.24) is 0 Å². The predicted molar refractivity (Wildman–Crippen MR) is 75.9 cm³/mol. The van der Waals surface area contributed by atoms with Crippen LogP contribution in [0.4, 0.5) is 0 Å². The number of aliphatic hydroxyl groups excluding tert-OH is 2. The molecule has 2 N–H and O–H groups in total. The van der Waals surface area contributed by atoms with Crippen molar-refractivity contribution in [1.29, 1.82) is 0 Å². The summed E-state index contributed by atoms with van der Waals surface area (Å²) in [6, 6.07) is 7.30. The molecule has 5 heteroatoms. The molecule has 0 aliphatic rings. The molecular formula is C15H24O5. The topological polar surface area (TPSA) is 68.2 Å². The Hall–Kier alpha value is -1.14. The fraction of sp³-hybridized carbons (Fsp3) is 0.600. The molecule has 5 nitrogen and oxygen atoms in total. The van der Waals surface area contributed by atoms with Gasteiger partial charge in [-0.05, 0) is 12.5 Å². The molecule has 20 heavy (non-hydrogen) atoms. The van der Waals surface area contributed by atoms with Crippen molar-refractivity contribution >= 4 is 0 Å². The molecule has 1 aromatic rings. The van der Waals surface area contributed by atoms with Crippen LogP contribution in [0, 0.1) is 0 Å². The zero-order valence-corrected chi connectivity index (χ0v) is 12.1. The fourth-order valence-electron chi connectivity index (χ4n) is 1.70. The van der Waals surface area contributed by atoms with Gasteiger partial charge in [-0.1, -0.05) is 25.1 Å². The molecule has 1 rings (SSSR count). The van der Waals surface area contributed by atoms with E-state index >= 15 is 0 Å². The number of benzene rings is 1. The summed E-state index contributed by atoms with van der Waals surface area (Å²) >= 11 is 0. The average Bonchev–Trinajstić information content (AvgIpc) is 2.49. The molecule has 0 amide bonds. The van der Waals surface area contributed by atoms with E-state index in [1.807, 2.05) is 25.1 Å². The third-order valence-electron chi connectivity index (χ3n) is 2.84. The summed E-state index contributed by atoms with van der Waals surface area (Å²) in [6.45, 7) is 3.17. The Morgan fingerprint density at radius 1 is 1.10 bits per heavy atom. The minimum absolute atomic E-state index is 0.125. The van der Waals surface area contributed by atoms with Gasteiger partial charge in [-0.3, -0.25) is 0 Å². The first-order chi connectivity index (χ1) is 9.69. The number of hydrogen-bond acceptors (Lipinski definition) is 5. The Bertz CT molecular complexity index is 369. The van der Waals surface area contributed by atoms with Crippen LogP contribution in [0.25, 0.3) is 0 Å². The number of ether oxygens (including phenoxy) is 3. The fourth-order valence-corrected chi connectivity index (χ4v) is 1.70. The molecule has 2 atom stereocenters. The third kappa shape index (κ3) is 5.88. The van der Waals surface area contributed by atoms with Crippen LogP contribution in [0.1, 0.15) is 25.0 Å². The van der Waals surface area contributed by atoms with E-state index in [2.05, 4.69) is 0 Å². The minimum Gasteiger partial charge on any atom is -0.490 e. The number of aliphatic hydroxyl groups is 2. The molecule has 1 unspecified atom stereocenters. The maximum Gasteiger partial charge on any atom is 0.125 e. The summed E-state index contributed by atoms with van der Waals surface area (Å²) < 4.78 is 15.6. The van der Waals surface area contributed by atoms with Crippen molar-refractivity contribution in [2.24, 2.45) is 0 Å². The molecular weight excluding hydrogens is 260 g/mol. The summed E-state index contributed by atoms with van der Waals surface area (Å²) in [4.78, 5) is 0. The van der Waals surface area contributed by atoms with Crippen LogP contribution in [-0.4, -0.2) is 49.9 Å². The van der Waals surface area contributed by atoms with Gasteiger partial charge >= 0.3 is 0 Å². The summed E-state index contributed by atoms with van der Waals surface area (Å²) in [5.41, 5.74) is 0.738. The van der Waals surface area contributed by atoms with Crippen molar-refractivity contribution in [2.75, 3.05) is 33.5 Å². The average molecular weight is 284 g/mol. The molecule has 0 aliphatic carbocycles. The van der Waals surface area contributed by atoms with Gasteiger partial charge in [0.2, 0.25) is 0 Å². The standard InChI is InChI=1S/C15H24O5/c1-3-14(17)13-6-4-5-7-15(13)20-11-12(16)10-19-9-8-18-2/h4-7,12,14,16-17H,3,8-11H2,1-2H3/t12?,14-/m1/s1. The molecule has 0 fully saturated rings. The molecule has 0 aromatic heterocycles. The zero-order chi connectivity index (χ0) is 14.8. The van der Waals surface area contributed by atoms with Crippen LogP contribution in [0.15, 0.2) is 24.3 Å². The predicted octanol–water partition coefficient (Wildman–Crippen LogP) is 1.53. The monoisotopic (exact) mass is 284 g/mol. The van der Waals surface area contributed by atoms with E-state index in [1.165, 1.54) is 0 Å². The van der Waals surface area contributed by atoms with E-state index < -0.39 is 12.2 Å². The van der Waals surface area contributed by atoms with Crippen molar-refractivity contribution in [3.05, 3.63) is 29.8 Å². The van der Waals surface area contributed by atoms with Gasteiger partial charge in [0.05, 0.1) is 25.9 Å². The van der Waals surface area contributed by atoms with Crippen LogP contribution >= 0.6 is 0 Å². The highest BCUT2D eigenvalue weighted by Crippen LogP contribution is 2.26. The van der Waals surface area contributed by atoms with Gasteiger partial charge in [-0.15, -0.1) is 0 Å². The van der Waals surface area contributed by atoms with E-state index in [0.29, 0.717) is 25.4 Å². The number of hydrogen-bond donors (Lipinski definition) is 2. The van der Waals surface area contributed by atoms with E-state index in [0.717, 1.165) is 5.56 Å². The summed E-state index contributed by atoms with van der Waals surface area (Å²) in [5, 5.41) is 19.6. The molecule has 1 aromatic carbocycles. The molecule has 0 aliphatic heterocycles. The smallest absolute Gasteiger partial charge is 0.125 e. The number of rotatable bonds is 10. The number of para-hydroxylation sites is 1. The Morgan fingerprint density at radius 3 is 2.55 bits per heavy atom. The largest absolute Gasteiger partial charge is 0.490 e. The molecule has 114 valence electrons. The number of methoxy groups -OCH3 is 1. The zero-order valence-electron chi connectivity index (χ0n) is 12.1. The van der Waals surface area contributed by atoms with E-state index in [-0.39, 0.29) is 13.2 Å². The van der Waals surface area contributed by atoms with E-state index in [4.69, 9.17) is 14.2 Å². The Balaban J connectivity index is 2.41. The Labute approximate surface area is 120 Å². The van der Waals surface area contributed by atoms with Crippen molar-refractivity contribution in [2.45, 2.75) is 25.6 Å². The van der Waals surface area contributed by atoms with Crippen LogP contribution in [0.2, 0.25) is 0 Å². The second-order valence-corrected chi connectivity index (χ2v) is 4.49. The lowest BCUT2D eigenvalue weighted by Gasteiger charge is -2.17. The summed E-state index contributed by atoms with van der Waals surface area (Å²) in [5.74, 6) is 0.595. The summed E-state index contributed by atoms with van der Waals surface area (Å²) in [6.07, 6.45) is -0.650. The highest BCUT2D eigenvalue weighted by Gasteiger charge is 2.12. The van der Waals surface area contributed by atoms with Gasteiger partial charge in [-0.2, -0.15) is 0 Å². The lowest BCUT2D eigenvalue weighted by atomic mass is 10.1. The van der Waals surface area contributed by atoms with Crippen LogP contribution in [0.3, 0.4) is 0 Å². The SMILES string of the molecule is CC[C@@H](O)c1ccccc1OCC(O)COCCOC. The highest BCUT2D eigenvalue weighted by atomic mass is 16.5. The first-order valence-corrected chi connectivity index (χ1v) is 6.83. The molecule has 0 bridgehead atoms. The van der Waals surface area contributed by atoms with Crippen LogP contribution < -0.4 is 4.74 Å². The van der Waals surface area contributed by atoms with Gasteiger partial charge in [0, 0.05) is 12.7 Å². The molecule has 0 heterocycles. The Morgan fingerprint density at radius 2 is 1.85 bits per heavy atom. The van der Waals surface area contributed by atoms with Crippen LogP contribution in [-0.2, 0) is 9.47 Å². The summed E-state index contributed by atoms with van der Waals surface area (Å²) in [7, 11) is 1.60. The van der Waals surface area contributed by atoms with E-state index in [1.54, 1.807) is 13.2 Å². The van der Waals surface area contributed by atoms with Gasteiger partial charge in [0.15, 0.2) is 0 Å². The second kappa shape index (κ2) is 9.72. The van der Waals surface area contributed by atoms with E-state index in [9.17, 15) is 10.2 Å². The first-order valence-electron chi connectivity index (χ1n) is 6.83. The van der Waals surface area contributed by atoms with Crippen molar-refractivity contribution in [3.63, 3.8) is 0 Å². The van der Waals surface area contributed by atoms with Crippen LogP contribution in [0.5, 0.6) is 5.75 Å². The van der Waals surface area contributed by atoms with Gasteiger partial charge in [0.1, 0.15) is 18.5 Å². The Kier molecular flexibility index (Phi) is 8.22. The minimum atomic E-state index is -0.710. The van der Waals surface area contributed by atoms with Gasteiger partial charge < -0.3 is 24.4 Å². The molecule has 0 saturated heterocycles. The van der Waals surface area contributed by atoms with Crippen molar-refractivity contribution in [3.8, 4) is 5.75 Å². The van der Waals surface area contributed by atoms with Gasteiger partial charge in [0.25, 0.3) is 0 Å². The lowest BCUT2D eigenvalue weighted by Crippen LogP contribution is -2.24.